The Hall–Kier alpha value is -0.480. The van der Waals surface area contributed by atoms with E-state index >= 15 is 0 Å². The zero-order chi connectivity index (χ0) is 15.8. The van der Waals surface area contributed by atoms with Crippen LogP contribution in [0.1, 0.15) is 5.56 Å². The molecule has 21 heavy (non-hydrogen) atoms. The van der Waals surface area contributed by atoms with Crippen LogP contribution in [0.25, 0.3) is 0 Å². The van der Waals surface area contributed by atoms with Crippen LogP contribution in [0, 0.1) is 6.92 Å². The van der Waals surface area contributed by atoms with E-state index in [1.165, 1.54) is 6.07 Å². The zero-order valence-electron chi connectivity index (χ0n) is 11.1. The monoisotopic (exact) mass is 440 g/mol. The van der Waals surface area contributed by atoms with Crippen LogP contribution in [0.2, 0.25) is 0 Å². The maximum Gasteiger partial charge on any atom is 0.323 e. The Balaban J connectivity index is 2.50. The summed E-state index contributed by atoms with van der Waals surface area (Å²) in [7, 11) is -3.89. The van der Waals surface area contributed by atoms with Crippen molar-refractivity contribution in [2.75, 3.05) is 19.6 Å². The highest BCUT2D eigenvalue weighted by Crippen LogP contribution is 2.31. The maximum atomic E-state index is 12.8. The van der Waals surface area contributed by atoms with E-state index in [9.17, 15) is 18.3 Å². The van der Waals surface area contributed by atoms with E-state index in [1.807, 2.05) is 6.92 Å². The molecular formula is C12H14Br2N2O4S. The number of benzene rings is 1. The number of nitrogens with one attached hydrogen (secondary N) is 1. The normalized spacial score (nSPS) is 20.4. The quantitative estimate of drug-likeness (QED) is 0.743. The highest BCUT2D eigenvalue weighted by molar-refractivity contribution is 9.11. The third kappa shape index (κ3) is 3.31. The summed E-state index contributed by atoms with van der Waals surface area (Å²) in [4.78, 5) is 11.3. The molecule has 0 amide bonds. The topological polar surface area (TPSA) is 86.7 Å². The first-order valence-corrected chi connectivity index (χ1v) is 9.18. The molecule has 1 aliphatic rings. The molecule has 1 atom stereocenters. The Morgan fingerprint density at radius 2 is 2.05 bits per heavy atom. The third-order valence-corrected chi connectivity index (χ3v) is 7.00. The molecule has 1 fully saturated rings. The first-order chi connectivity index (χ1) is 9.75. The van der Waals surface area contributed by atoms with Gasteiger partial charge in [0.1, 0.15) is 6.04 Å². The SMILES string of the molecule is Cc1cc(Br)c(S(=O)(=O)N2CCNCC2C(=O)O)cc1Br. The van der Waals surface area contributed by atoms with Gasteiger partial charge in [0, 0.05) is 28.6 Å². The van der Waals surface area contributed by atoms with Gasteiger partial charge in [0.05, 0.1) is 4.90 Å². The minimum atomic E-state index is -3.89. The number of nitrogens with zero attached hydrogens (tertiary/aromatic N) is 1. The van der Waals surface area contributed by atoms with Gasteiger partial charge < -0.3 is 10.4 Å². The van der Waals surface area contributed by atoms with Gasteiger partial charge >= 0.3 is 5.97 Å². The number of sulfonamides is 1. The van der Waals surface area contributed by atoms with E-state index in [2.05, 4.69) is 37.2 Å². The van der Waals surface area contributed by atoms with E-state index in [0.717, 1.165) is 9.87 Å². The largest absolute Gasteiger partial charge is 0.480 e. The second kappa shape index (κ2) is 6.33. The number of halogens is 2. The Kier molecular flexibility index (Phi) is 5.09. The average Bonchev–Trinajstić information content (AvgIpc) is 2.42. The number of carboxylic acid groups (broad SMARTS) is 1. The van der Waals surface area contributed by atoms with Crippen LogP contribution >= 0.6 is 31.9 Å². The summed E-state index contributed by atoms with van der Waals surface area (Å²) in [5.41, 5.74) is 0.885. The zero-order valence-corrected chi connectivity index (χ0v) is 15.1. The van der Waals surface area contributed by atoms with E-state index in [0.29, 0.717) is 15.5 Å². The van der Waals surface area contributed by atoms with Gasteiger partial charge in [0.15, 0.2) is 0 Å². The summed E-state index contributed by atoms with van der Waals surface area (Å²) in [5.74, 6) is -1.16. The molecule has 1 heterocycles. The van der Waals surface area contributed by atoms with Gasteiger partial charge in [-0.2, -0.15) is 4.31 Å². The van der Waals surface area contributed by atoms with Crippen molar-refractivity contribution in [1.82, 2.24) is 9.62 Å². The summed E-state index contributed by atoms with van der Waals surface area (Å²) in [6, 6.07) is 2.08. The van der Waals surface area contributed by atoms with Gasteiger partial charge in [-0.15, -0.1) is 0 Å². The average molecular weight is 442 g/mol. The minimum absolute atomic E-state index is 0.0631. The van der Waals surface area contributed by atoms with E-state index in [4.69, 9.17) is 0 Å². The lowest BCUT2D eigenvalue weighted by atomic mass is 10.2. The minimum Gasteiger partial charge on any atom is -0.480 e. The second-order valence-corrected chi connectivity index (χ2v) is 8.27. The van der Waals surface area contributed by atoms with E-state index in [1.54, 1.807) is 6.07 Å². The molecule has 1 saturated heterocycles. The summed E-state index contributed by atoms with van der Waals surface area (Å²) in [6.07, 6.45) is 0. The summed E-state index contributed by atoms with van der Waals surface area (Å²) in [6.45, 7) is 2.49. The molecule has 1 aromatic carbocycles. The Bertz CT molecular complexity index is 678. The molecule has 6 nitrogen and oxygen atoms in total. The smallest absolute Gasteiger partial charge is 0.323 e. The molecule has 0 spiro atoms. The fourth-order valence-corrected chi connectivity index (χ4v) is 5.36. The predicted molar refractivity (Wildman–Crippen MR) is 84.8 cm³/mol. The molecule has 1 unspecified atom stereocenters. The van der Waals surface area contributed by atoms with Crippen molar-refractivity contribution >= 4 is 47.9 Å². The number of aliphatic carboxylic acids is 1. The Labute approximate surface area is 139 Å². The van der Waals surface area contributed by atoms with Crippen LogP contribution in [0.4, 0.5) is 0 Å². The van der Waals surface area contributed by atoms with Crippen LogP contribution in [0.3, 0.4) is 0 Å². The summed E-state index contributed by atoms with van der Waals surface area (Å²) < 4.78 is 27.7. The summed E-state index contributed by atoms with van der Waals surface area (Å²) >= 11 is 6.56. The standard InChI is InChI=1S/C12H14Br2N2O4S/c1-7-4-9(14)11(5-8(7)13)21(19,20)16-3-2-15-6-10(16)12(17)18/h4-5,10,15H,2-3,6H2,1H3,(H,17,18). The molecule has 2 N–H and O–H groups in total. The van der Waals surface area contributed by atoms with Crippen molar-refractivity contribution in [1.29, 1.82) is 0 Å². The number of piperazine rings is 1. The lowest BCUT2D eigenvalue weighted by Crippen LogP contribution is -2.56. The van der Waals surface area contributed by atoms with Crippen LogP contribution < -0.4 is 5.32 Å². The fraction of sp³-hybridized carbons (Fsp3) is 0.417. The molecule has 2 rings (SSSR count). The van der Waals surface area contributed by atoms with Crippen molar-refractivity contribution in [2.45, 2.75) is 17.9 Å². The van der Waals surface area contributed by atoms with E-state index in [-0.39, 0.29) is 18.0 Å². The molecule has 1 aliphatic heterocycles. The van der Waals surface area contributed by atoms with Crippen LogP contribution in [-0.4, -0.2) is 49.5 Å². The first kappa shape index (κ1) is 16.9. The van der Waals surface area contributed by atoms with Crippen molar-refractivity contribution in [3.05, 3.63) is 26.6 Å². The first-order valence-electron chi connectivity index (χ1n) is 6.16. The van der Waals surface area contributed by atoms with Gasteiger partial charge in [-0.25, -0.2) is 8.42 Å². The molecule has 1 aromatic rings. The van der Waals surface area contributed by atoms with Crippen molar-refractivity contribution in [2.24, 2.45) is 0 Å². The Morgan fingerprint density at radius 1 is 1.38 bits per heavy atom. The van der Waals surface area contributed by atoms with Crippen LogP contribution in [0.5, 0.6) is 0 Å². The van der Waals surface area contributed by atoms with Gasteiger partial charge in [0.25, 0.3) is 0 Å². The third-order valence-electron chi connectivity index (χ3n) is 3.28. The molecule has 116 valence electrons. The van der Waals surface area contributed by atoms with Crippen LogP contribution in [-0.2, 0) is 14.8 Å². The molecular weight excluding hydrogens is 428 g/mol. The predicted octanol–water partition coefficient (Wildman–Crippen LogP) is 1.57. The van der Waals surface area contributed by atoms with Gasteiger partial charge in [0.2, 0.25) is 10.0 Å². The lowest BCUT2D eigenvalue weighted by molar-refractivity contribution is -0.141. The second-order valence-electron chi connectivity index (χ2n) is 4.71. The van der Waals surface area contributed by atoms with Gasteiger partial charge in [-0.05, 0) is 40.5 Å². The number of hydrogen-bond acceptors (Lipinski definition) is 4. The molecule has 0 bridgehead atoms. The van der Waals surface area contributed by atoms with E-state index < -0.39 is 22.0 Å². The van der Waals surface area contributed by atoms with Crippen molar-refractivity contribution in [3.63, 3.8) is 0 Å². The molecule has 0 aliphatic carbocycles. The lowest BCUT2D eigenvalue weighted by Gasteiger charge is -2.32. The fourth-order valence-electron chi connectivity index (χ4n) is 2.14. The number of hydrogen-bond donors (Lipinski definition) is 2. The number of rotatable bonds is 3. The number of aryl methyl sites for hydroxylation is 1. The summed E-state index contributed by atoms with van der Waals surface area (Å²) in [5, 5.41) is 12.1. The maximum absolute atomic E-state index is 12.8. The Morgan fingerprint density at radius 3 is 2.67 bits per heavy atom. The molecule has 0 saturated carbocycles. The highest BCUT2D eigenvalue weighted by Gasteiger charge is 2.38. The van der Waals surface area contributed by atoms with Crippen molar-refractivity contribution in [3.8, 4) is 0 Å². The molecule has 0 aromatic heterocycles. The van der Waals surface area contributed by atoms with Gasteiger partial charge in [-0.1, -0.05) is 15.9 Å². The highest BCUT2D eigenvalue weighted by atomic mass is 79.9. The van der Waals surface area contributed by atoms with Gasteiger partial charge in [-0.3, -0.25) is 4.79 Å². The molecule has 0 radical (unpaired) electrons. The van der Waals surface area contributed by atoms with Crippen LogP contribution in [0.15, 0.2) is 26.0 Å². The molecule has 9 heteroatoms. The number of carbonyl (C=O) groups is 1. The number of carboxylic acids is 1. The van der Waals surface area contributed by atoms with Crippen molar-refractivity contribution < 1.29 is 18.3 Å².